The molecule has 2 heterocycles. The fraction of sp³-hybridized carbons (Fsp3) is 0.423. The highest BCUT2D eigenvalue weighted by atomic mass is 16.6. The molecule has 33 heavy (non-hydrogen) atoms. The molecule has 174 valence electrons. The summed E-state index contributed by atoms with van der Waals surface area (Å²) in [7, 11) is 0. The molecular formula is C26H31N3O4. The Morgan fingerprint density at radius 3 is 2.61 bits per heavy atom. The quantitative estimate of drug-likeness (QED) is 0.733. The number of rotatable bonds is 5. The largest absolute Gasteiger partial charge is 0.475 e. The summed E-state index contributed by atoms with van der Waals surface area (Å²) in [6.45, 7) is 6.46. The maximum Gasteiger partial charge on any atom is 0.410 e. The van der Waals surface area contributed by atoms with Gasteiger partial charge in [0.25, 0.3) is 0 Å². The zero-order valence-corrected chi connectivity index (χ0v) is 19.4. The van der Waals surface area contributed by atoms with Gasteiger partial charge in [0.05, 0.1) is 17.3 Å². The third kappa shape index (κ3) is 5.72. The van der Waals surface area contributed by atoms with E-state index in [-0.39, 0.29) is 11.9 Å². The van der Waals surface area contributed by atoms with Gasteiger partial charge in [-0.3, -0.25) is 9.69 Å². The Bertz CT molecular complexity index is 1030. The van der Waals surface area contributed by atoms with E-state index in [1.54, 1.807) is 0 Å². The van der Waals surface area contributed by atoms with Crippen LogP contribution in [0.4, 0.5) is 10.5 Å². The summed E-state index contributed by atoms with van der Waals surface area (Å²) in [6, 6.07) is 17.1. The van der Waals surface area contributed by atoms with Crippen molar-refractivity contribution in [3.63, 3.8) is 0 Å². The van der Waals surface area contributed by atoms with Crippen LogP contribution in [-0.4, -0.2) is 53.6 Å². The summed E-state index contributed by atoms with van der Waals surface area (Å²) in [5.74, 6) is 0.299. The molecule has 2 atom stereocenters. The number of carbonyl (C=O) groups is 2. The van der Waals surface area contributed by atoms with E-state index in [1.807, 2.05) is 63.2 Å². The van der Waals surface area contributed by atoms with Crippen LogP contribution in [-0.2, 0) is 20.7 Å². The average molecular weight is 450 g/mol. The molecule has 2 aliphatic rings. The minimum Gasteiger partial charge on any atom is -0.475 e. The predicted octanol–water partition coefficient (Wildman–Crippen LogP) is 4.41. The van der Waals surface area contributed by atoms with Crippen LogP contribution < -0.4 is 5.32 Å². The van der Waals surface area contributed by atoms with Gasteiger partial charge in [0.1, 0.15) is 18.2 Å². The van der Waals surface area contributed by atoms with Crippen molar-refractivity contribution in [1.82, 2.24) is 4.90 Å². The first-order chi connectivity index (χ1) is 15.8. The molecule has 1 N–H and O–H groups in total. The molecule has 2 aromatic rings. The highest BCUT2D eigenvalue weighted by Gasteiger charge is 2.37. The highest BCUT2D eigenvalue weighted by Crippen LogP contribution is 2.25. The minimum atomic E-state index is -0.610. The molecule has 4 rings (SSSR count). The van der Waals surface area contributed by atoms with E-state index in [0.29, 0.717) is 31.2 Å². The zero-order chi connectivity index (χ0) is 23.4. The number of benzene rings is 2. The van der Waals surface area contributed by atoms with Crippen molar-refractivity contribution in [2.75, 3.05) is 18.5 Å². The number of aliphatic imine (C=N–C) groups is 1. The molecule has 1 saturated heterocycles. The number of para-hydroxylation sites is 1. The van der Waals surface area contributed by atoms with Crippen molar-refractivity contribution in [3.8, 4) is 0 Å². The fourth-order valence-corrected chi connectivity index (χ4v) is 4.13. The molecule has 2 aliphatic heterocycles. The Morgan fingerprint density at radius 2 is 1.85 bits per heavy atom. The van der Waals surface area contributed by atoms with Crippen LogP contribution in [0.2, 0.25) is 0 Å². The number of nitrogens with zero attached hydrogens (tertiary/aromatic N) is 2. The smallest absolute Gasteiger partial charge is 0.410 e. The van der Waals surface area contributed by atoms with Crippen LogP contribution in [0, 0.1) is 0 Å². The van der Waals surface area contributed by atoms with Crippen LogP contribution in [0.3, 0.4) is 0 Å². The monoisotopic (exact) mass is 449 g/mol. The van der Waals surface area contributed by atoms with Crippen LogP contribution in [0.15, 0.2) is 59.6 Å². The lowest BCUT2D eigenvalue weighted by molar-refractivity contribution is -0.120. The molecule has 0 aliphatic carbocycles. The number of hydrogen-bond acceptors (Lipinski definition) is 5. The molecule has 0 aromatic heterocycles. The highest BCUT2D eigenvalue weighted by molar-refractivity contribution is 6.05. The second-order valence-electron chi connectivity index (χ2n) is 9.46. The Labute approximate surface area is 194 Å². The molecule has 0 unspecified atom stereocenters. The van der Waals surface area contributed by atoms with E-state index in [1.165, 1.54) is 10.5 Å². The lowest BCUT2D eigenvalue weighted by atomic mass is 10.1. The van der Waals surface area contributed by atoms with Crippen molar-refractivity contribution in [2.24, 2.45) is 4.99 Å². The maximum absolute atomic E-state index is 13.1. The van der Waals surface area contributed by atoms with Crippen LogP contribution in [0.5, 0.6) is 0 Å². The molecule has 0 spiro atoms. The van der Waals surface area contributed by atoms with Gasteiger partial charge >= 0.3 is 6.09 Å². The topological polar surface area (TPSA) is 80.2 Å². The lowest BCUT2D eigenvalue weighted by Gasteiger charge is -2.28. The van der Waals surface area contributed by atoms with Crippen molar-refractivity contribution in [1.29, 1.82) is 0 Å². The first-order valence-corrected chi connectivity index (χ1v) is 11.4. The van der Waals surface area contributed by atoms with Gasteiger partial charge < -0.3 is 14.8 Å². The minimum absolute atomic E-state index is 0.0312. The summed E-state index contributed by atoms with van der Waals surface area (Å²) in [4.78, 5) is 32.0. The predicted molar refractivity (Wildman–Crippen MR) is 127 cm³/mol. The summed E-state index contributed by atoms with van der Waals surface area (Å²) in [5.41, 5.74) is 1.96. The van der Waals surface area contributed by atoms with Crippen LogP contribution in [0.25, 0.3) is 0 Å². The molecule has 0 radical (unpaired) electrons. The maximum atomic E-state index is 13.1. The molecular weight excluding hydrogens is 418 g/mol. The van der Waals surface area contributed by atoms with E-state index < -0.39 is 17.7 Å². The second kappa shape index (κ2) is 9.65. The summed E-state index contributed by atoms with van der Waals surface area (Å²) >= 11 is 0. The number of amides is 2. The third-order valence-corrected chi connectivity index (χ3v) is 5.63. The molecule has 7 nitrogen and oxygen atoms in total. The van der Waals surface area contributed by atoms with E-state index in [2.05, 4.69) is 17.4 Å². The van der Waals surface area contributed by atoms with Gasteiger partial charge in [-0.25, -0.2) is 9.79 Å². The number of nitrogens with one attached hydrogen (secondary N) is 1. The normalized spacial score (nSPS) is 20.2. The van der Waals surface area contributed by atoms with Crippen LogP contribution in [0.1, 0.15) is 44.7 Å². The Morgan fingerprint density at radius 1 is 1.12 bits per heavy atom. The van der Waals surface area contributed by atoms with Gasteiger partial charge in [-0.05, 0) is 57.7 Å². The van der Waals surface area contributed by atoms with E-state index in [0.717, 1.165) is 18.4 Å². The first-order valence-electron chi connectivity index (χ1n) is 11.4. The number of hydrogen-bond donors (Lipinski definition) is 1. The third-order valence-electron chi connectivity index (χ3n) is 5.63. The summed E-state index contributed by atoms with van der Waals surface area (Å²) in [5, 5.41) is 2.99. The SMILES string of the molecule is CC(C)(C)OC(=O)N1CCC[C@@H]1C(=O)Nc1ccccc1C1=N[C@@H](Cc2ccccc2)CO1. The van der Waals surface area contributed by atoms with Gasteiger partial charge in [0.15, 0.2) is 0 Å². The van der Waals surface area contributed by atoms with Gasteiger partial charge in [0, 0.05) is 6.54 Å². The standard InChI is InChI=1S/C26H31N3O4/c1-26(2,3)33-25(31)29-15-9-14-22(29)23(30)28-21-13-8-7-12-20(21)24-27-19(17-32-24)16-18-10-5-4-6-11-18/h4-8,10-13,19,22H,9,14-17H2,1-3H3,(H,28,30)/t19-,22+/m0/s1. The molecule has 1 fully saturated rings. The number of likely N-dealkylation sites (tertiary alicyclic amines) is 1. The van der Waals surface area contributed by atoms with Gasteiger partial charge in [-0.2, -0.15) is 0 Å². The molecule has 0 bridgehead atoms. The Hall–Kier alpha value is -3.35. The van der Waals surface area contributed by atoms with Crippen molar-refractivity contribution >= 4 is 23.6 Å². The number of ether oxygens (including phenoxy) is 2. The van der Waals surface area contributed by atoms with Crippen LogP contribution >= 0.6 is 0 Å². The second-order valence-corrected chi connectivity index (χ2v) is 9.46. The fourth-order valence-electron chi connectivity index (χ4n) is 4.13. The van der Waals surface area contributed by atoms with Gasteiger partial charge in [0.2, 0.25) is 11.8 Å². The zero-order valence-electron chi connectivity index (χ0n) is 19.4. The average Bonchev–Trinajstić information content (AvgIpc) is 3.44. The van der Waals surface area contributed by atoms with E-state index in [9.17, 15) is 9.59 Å². The lowest BCUT2D eigenvalue weighted by Crippen LogP contribution is -2.45. The van der Waals surface area contributed by atoms with Crippen molar-refractivity contribution < 1.29 is 19.1 Å². The van der Waals surface area contributed by atoms with E-state index >= 15 is 0 Å². The summed E-state index contributed by atoms with van der Waals surface area (Å²) in [6.07, 6.45) is 1.70. The Kier molecular flexibility index (Phi) is 6.67. The molecule has 2 aromatic carbocycles. The van der Waals surface area contributed by atoms with Gasteiger partial charge in [-0.1, -0.05) is 42.5 Å². The summed E-state index contributed by atoms with van der Waals surface area (Å²) < 4.78 is 11.4. The van der Waals surface area contributed by atoms with Crippen molar-refractivity contribution in [3.05, 3.63) is 65.7 Å². The van der Waals surface area contributed by atoms with Gasteiger partial charge in [-0.15, -0.1) is 0 Å². The number of carbonyl (C=O) groups excluding carboxylic acids is 2. The van der Waals surface area contributed by atoms with Crippen molar-refractivity contribution in [2.45, 2.75) is 57.7 Å². The Balaban J connectivity index is 1.46. The van der Waals surface area contributed by atoms with E-state index in [4.69, 9.17) is 14.5 Å². The molecule has 0 saturated carbocycles. The number of anilines is 1. The molecule has 2 amide bonds. The first kappa shape index (κ1) is 22.8. The molecule has 7 heteroatoms.